The molecule has 1 saturated heterocycles. The molecule has 8 heteroatoms. The fraction of sp³-hybridized carbons (Fsp3) is 0.304. The molecule has 4 rings (SSSR count). The summed E-state index contributed by atoms with van der Waals surface area (Å²) in [7, 11) is 0. The van der Waals surface area contributed by atoms with Crippen LogP contribution in [0.15, 0.2) is 40.9 Å². The van der Waals surface area contributed by atoms with E-state index in [9.17, 15) is 14.4 Å². The Balaban J connectivity index is 1.66. The molecule has 0 saturated carbocycles. The number of nitrogens with zero attached hydrogens (tertiary/aromatic N) is 4. The first kappa shape index (κ1) is 20.5. The standard InChI is InChI=1S/C23H21FN4O3/c1-23(2)9-3-4-10-28(23)19-8-6-15(11-16(19)13-25)21-26-20(27-31-21)14-5-7-17(22(29)30)18(24)12-14/h5-8,11-12H,3-4,9-10H2,1-2H3,(H,29,30). The van der Waals surface area contributed by atoms with Gasteiger partial charge in [-0.25, -0.2) is 9.18 Å². The Kier molecular flexibility index (Phi) is 5.19. The van der Waals surface area contributed by atoms with Crippen LogP contribution in [0.5, 0.6) is 0 Å². The van der Waals surface area contributed by atoms with E-state index in [4.69, 9.17) is 9.63 Å². The number of anilines is 1. The summed E-state index contributed by atoms with van der Waals surface area (Å²) in [6, 6.07) is 11.3. The van der Waals surface area contributed by atoms with Crippen molar-refractivity contribution in [3.63, 3.8) is 0 Å². The highest BCUT2D eigenvalue weighted by atomic mass is 19.1. The summed E-state index contributed by atoms with van der Waals surface area (Å²) >= 11 is 0. The summed E-state index contributed by atoms with van der Waals surface area (Å²) in [5.74, 6) is -1.90. The van der Waals surface area contributed by atoms with Crippen molar-refractivity contribution in [3.05, 3.63) is 53.3 Å². The SMILES string of the molecule is CC1(C)CCCCN1c1ccc(-c2nc(-c3ccc(C(=O)O)c(F)c3)no2)cc1C#N. The lowest BCUT2D eigenvalue weighted by Gasteiger charge is -2.44. The van der Waals surface area contributed by atoms with Gasteiger partial charge in [-0.1, -0.05) is 5.16 Å². The number of halogens is 1. The van der Waals surface area contributed by atoms with Crippen LogP contribution in [0.25, 0.3) is 22.8 Å². The molecule has 158 valence electrons. The van der Waals surface area contributed by atoms with Gasteiger partial charge in [0.25, 0.3) is 5.89 Å². The van der Waals surface area contributed by atoms with Crippen molar-refractivity contribution >= 4 is 11.7 Å². The van der Waals surface area contributed by atoms with Crippen molar-refractivity contribution in [2.24, 2.45) is 0 Å². The minimum Gasteiger partial charge on any atom is -0.478 e. The number of nitriles is 1. The number of rotatable bonds is 4. The molecule has 1 fully saturated rings. The number of aromatic carboxylic acids is 1. The number of hydrogen-bond acceptors (Lipinski definition) is 6. The normalized spacial score (nSPS) is 15.5. The molecule has 0 atom stereocenters. The smallest absolute Gasteiger partial charge is 0.338 e. The Morgan fingerprint density at radius 3 is 2.68 bits per heavy atom. The van der Waals surface area contributed by atoms with E-state index in [0.29, 0.717) is 16.7 Å². The monoisotopic (exact) mass is 420 g/mol. The quantitative estimate of drug-likeness (QED) is 0.641. The minimum atomic E-state index is -1.35. The molecule has 0 spiro atoms. The molecule has 31 heavy (non-hydrogen) atoms. The van der Waals surface area contributed by atoms with Gasteiger partial charge in [0.1, 0.15) is 11.9 Å². The van der Waals surface area contributed by atoms with Crippen LogP contribution in [-0.2, 0) is 0 Å². The Morgan fingerprint density at radius 1 is 1.23 bits per heavy atom. The second-order valence-corrected chi connectivity index (χ2v) is 8.19. The zero-order valence-electron chi connectivity index (χ0n) is 17.2. The highest BCUT2D eigenvalue weighted by Gasteiger charge is 2.31. The van der Waals surface area contributed by atoms with Crippen LogP contribution in [-0.4, -0.2) is 33.3 Å². The molecule has 0 amide bonds. The molecule has 7 nitrogen and oxygen atoms in total. The fourth-order valence-electron chi connectivity index (χ4n) is 3.99. The molecule has 0 radical (unpaired) electrons. The van der Waals surface area contributed by atoms with Crippen molar-refractivity contribution in [1.82, 2.24) is 10.1 Å². The van der Waals surface area contributed by atoms with E-state index < -0.39 is 17.3 Å². The van der Waals surface area contributed by atoms with Crippen LogP contribution in [0.4, 0.5) is 10.1 Å². The molecule has 2 heterocycles. The highest BCUT2D eigenvalue weighted by Crippen LogP contribution is 2.36. The predicted octanol–water partition coefficient (Wildman–Crippen LogP) is 4.88. The summed E-state index contributed by atoms with van der Waals surface area (Å²) in [5.41, 5.74) is 1.81. The van der Waals surface area contributed by atoms with Gasteiger partial charge < -0.3 is 14.5 Å². The van der Waals surface area contributed by atoms with Gasteiger partial charge in [-0.3, -0.25) is 0 Å². The molecule has 0 bridgehead atoms. The predicted molar refractivity (Wildman–Crippen MR) is 112 cm³/mol. The molecule has 3 aromatic rings. The maximum absolute atomic E-state index is 14.0. The number of carbonyl (C=O) groups is 1. The van der Waals surface area contributed by atoms with Gasteiger partial charge in [0.2, 0.25) is 5.82 Å². The molecule has 2 aromatic carbocycles. The molecule has 0 aliphatic carbocycles. The van der Waals surface area contributed by atoms with E-state index in [1.807, 2.05) is 12.1 Å². The summed E-state index contributed by atoms with van der Waals surface area (Å²) in [4.78, 5) is 17.5. The Bertz CT molecular complexity index is 1200. The first-order valence-electron chi connectivity index (χ1n) is 9.99. The summed E-state index contributed by atoms with van der Waals surface area (Å²) in [6.45, 7) is 5.25. The summed E-state index contributed by atoms with van der Waals surface area (Å²) in [5, 5.41) is 22.6. The largest absolute Gasteiger partial charge is 0.478 e. The van der Waals surface area contributed by atoms with Gasteiger partial charge in [0, 0.05) is 23.2 Å². The number of piperidine rings is 1. The number of hydrogen-bond donors (Lipinski definition) is 1. The minimum absolute atomic E-state index is 0.0325. The number of aromatic nitrogens is 2. The maximum atomic E-state index is 14.0. The third kappa shape index (κ3) is 3.87. The van der Waals surface area contributed by atoms with E-state index in [1.165, 1.54) is 12.5 Å². The van der Waals surface area contributed by atoms with Gasteiger partial charge in [-0.2, -0.15) is 10.2 Å². The Morgan fingerprint density at radius 2 is 2.00 bits per heavy atom. The second-order valence-electron chi connectivity index (χ2n) is 8.19. The zero-order valence-corrected chi connectivity index (χ0v) is 17.2. The van der Waals surface area contributed by atoms with Crippen LogP contribution < -0.4 is 4.90 Å². The zero-order chi connectivity index (χ0) is 22.2. The average Bonchev–Trinajstić information content (AvgIpc) is 3.23. The van der Waals surface area contributed by atoms with Crippen LogP contribution in [0.3, 0.4) is 0 Å². The van der Waals surface area contributed by atoms with E-state index in [1.54, 1.807) is 6.07 Å². The van der Waals surface area contributed by atoms with E-state index in [0.717, 1.165) is 37.2 Å². The van der Waals surface area contributed by atoms with Crippen molar-refractivity contribution in [2.75, 3.05) is 11.4 Å². The molecule has 1 N–H and O–H groups in total. The van der Waals surface area contributed by atoms with Gasteiger partial charge in [-0.05, 0) is 69.5 Å². The van der Waals surface area contributed by atoms with Crippen molar-refractivity contribution in [1.29, 1.82) is 5.26 Å². The first-order valence-corrected chi connectivity index (χ1v) is 9.99. The third-order valence-corrected chi connectivity index (χ3v) is 5.69. The van der Waals surface area contributed by atoms with Crippen LogP contribution in [0.1, 0.15) is 49.0 Å². The Hall–Kier alpha value is -3.73. The van der Waals surface area contributed by atoms with Crippen molar-refractivity contribution in [3.8, 4) is 28.9 Å². The van der Waals surface area contributed by atoms with Crippen LogP contribution in [0.2, 0.25) is 0 Å². The van der Waals surface area contributed by atoms with Gasteiger partial charge >= 0.3 is 5.97 Å². The number of carboxylic acid groups (broad SMARTS) is 1. The lowest BCUT2D eigenvalue weighted by molar-refractivity contribution is 0.0692. The van der Waals surface area contributed by atoms with Crippen LogP contribution >= 0.6 is 0 Å². The van der Waals surface area contributed by atoms with E-state index in [-0.39, 0.29) is 17.3 Å². The van der Waals surface area contributed by atoms with Crippen molar-refractivity contribution < 1.29 is 18.8 Å². The summed E-state index contributed by atoms with van der Waals surface area (Å²) in [6.07, 6.45) is 3.31. The molecular formula is C23H21FN4O3. The molecule has 1 aromatic heterocycles. The average molecular weight is 420 g/mol. The number of benzene rings is 2. The highest BCUT2D eigenvalue weighted by molar-refractivity contribution is 5.88. The first-order chi connectivity index (χ1) is 14.8. The fourth-order valence-corrected chi connectivity index (χ4v) is 3.99. The number of carboxylic acids is 1. The lowest BCUT2D eigenvalue weighted by Crippen LogP contribution is -2.47. The Labute approximate surface area is 178 Å². The molecular weight excluding hydrogens is 399 g/mol. The summed E-state index contributed by atoms with van der Waals surface area (Å²) < 4.78 is 19.3. The van der Waals surface area contributed by atoms with Crippen LogP contribution in [0, 0.1) is 17.1 Å². The maximum Gasteiger partial charge on any atom is 0.338 e. The second kappa shape index (κ2) is 7.84. The van der Waals surface area contributed by atoms with E-state index >= 15 is 0 Å². The van der Waals surface area contributed by atoms with Gasteiger partial charge in [-0.15, -0.1) is 0 Å². The molecule has 1 aliphatic heterocycles. The van der Waals surface area contributed by atoms with Gasteiger partial charge in [0.15, 0.2) is 0 Å². The molecule has 1 aliphatic rings. The van der Waals surface area contributed by atoms with Gasteiger partial charge in [0.05, 0.1) is 16.8 Å². The van der Waals surface area contributed by atoms with Crippen molar-refractivity contribution in [2.45, 2.75) is 38.6 Å². The van der Waals surface area contributed by atoms with E-state index in [2.05, 4.69) is 35.0 Å². The lowest BCUT2D eigenvalue weighted by atomic mass is 9.89. The third-order valence-electron chi connectivity index (χ3n) is 5.69. The topological polar surface area (TPSA) is 103 Å². The molecule has 0 unspecified atom stereocenters.